The zero-order chi connectivity index (χ0) is 17.2. The molecule has 0 unspecified atom stereocenters. The third-order valence-corrected chi connectivity index (χ3v) is 4.32. The lowest BCUT2D eigenvalue weighted by Crippen LogP contribution is -2.32. The Morgan fingerprint density at radius 2 is 1.79 bits per heavy atom. The van der Waals surface area contributed by atoms with Gasteiger partial charge in [-0.2, -0.15) is 13.2 Å². The van der Waals surface area contributed by atoms with Gasteiger partial charge in [0.15, 0.2) is 0 Å². The van der Waals surface area contributed by atoms with Crippen molar-refractivity contribution in [1.82, 2.24) is 14.5 Å². The highest BCUT2D eigenvalue weighted by molar-refractivity contribution is 5.59. The van der Waals surface area contributed by atoms with Crippen LogP contribution in [0.1, 0.15) is 24.8 Å². The van der Waals surface area contributed by atoms with Gasteiger partial charge in [-0.3, -0.25) is 0 Å². The molecule has 7 heteroatoms. The van der Waals surface area contributed by atoms with E-state index in [1.54, 1.807) is 12.5 Å². The fourth-order valence-corrected chi connectivity index (χ4v) is 2.97. The van der Waals surface area contributed by atoms with Gasteiger partial charge in [0.1, 0.15) is 5.82 Å². The largest absolute Gasteiger partial charge is 0.419 e. The summed E-state index contributed by atoms with van der Waals surface area (Å²) in [5.74, 6) is -1.27. The Hall–Kier alpha value is -1.89. The fraction of sp³-hybridized carbons (Fsp3) is 0.471. The minimum absolute atomic E-state index is 0.264. The lowest BCUT2D eigenvalue weighted by molar-refractivity contribution is -0.139. The number of halogens is 4. The number of benzene rings is 1. The summed E-state index contributed by atoms with van der Waals surface area (Å²) in [4.78, 5) is 6.54. The second-order valence-corrected chi connectivity index (χ2v) is 6.09. The maximum Gasteiger partial charge on any atom is 0.419 e. The number of rotatable bonds is 4. The Kier molecular flexibility index (Phi) is 4.89. The van der Waals surface area contributed by atoms with Crippen LogP contribution >= 0.6 is 0 Å². The van der Waals surface area contributed by atoms with E-state index in [1.807, 2.05) is 4.57 Å². The first-order chi connectivity index (χ1) is 11.4. The first-order valence-corrected chi connectivity index (χ1v) is 8.05. The normalized spacial score (nSPS) is 16.5. The number of aromatic nitrogens is 2. The minimum Gasteiger partial charge on any atom is -0.336 e. The predicted octanol–water partition coefficient (Wildman–Crippen LogP) is 4.19. The van der Waals surface area contributed by atoms with Crippen molar-refractivity contribution in [3.8, 4) is 11.3 Å². The molecule has 0 radical (unpaired) electrons. The van der Waals surface area contributed by atoms with Gasteiger partial charge >= 0.3 is 6.18 Å². The van der Waals surface area contributed by atoms with Gasteiger partial charge in [-0.1, -0.05) is 6.42 Å². The summed E-state index contributed by atoms with van der Waals surface area (Å²) in [6.07, 6.45) is 2.30. The number of hydrogen-bond acceptors (Lipinski definition) is 2. The molecule has 0 spiro atoms. The Morgan fingerprint density at radius 1 is 1.04 bits per heavy atom. The Bertz CT molecular complexity index is 687. The molecule has 3 rings (SSSR count). The molecule has 24 heavy (non-hydrogen) atoms. The van der Waals surface area contributed by atoms with Gasteiger partial charge in [0, 0.05) is 24.8 Å². The highest BCUT2D eigenvalue weighted by atomic mass is 19.4. The van der Waals surface area contributed by atoms with E-state index in [0.717, 1.165) is 38.3 Å². The SMILES string of the molecule is Fc1ccc(-c2cn(CCN3CCCCC3)cn2)cc1C(F)(F)F. The number of piperidine rings is 1. The van der Waals surface area contributed by atoms with Crippen molar-refractivity contribution in [2.45, 2.75) is 32.0 Å². The molecule has 1 aromatic carbocycles. The van der Waals surface area contributed by atoms with Gasteiger partial charge in [0.25, 0.3) is 0 Å². The zero-order valence-electron chi connectivity index (χ0n) is 13.2. The summed E-state index contributed by atoms with van der Waals surface area (Å²) >= 11 is 0. The van der Waals surface area contributed by atoms with Crippen molar-refractivity contribution in [2.75, 3.05) is 19.6 Å². The summed E-state index contributed by atoms with van der Waals surface area (Å²) in [7, 11) is 0. The summed E-state index contributed by atoms with van der Waals surface area (Å²) in [5.41, 5.74) is -0.581. The highest BCUT2D eigenvalue weighted by Gasteiger charge is 2.34. The van der Waals surface area contributed by atoms with Crippen molar-refractivity contribution in [1.29, 1.82) is 0 Å². The second-order valence-electron chi connectivity index (χ2n) is 6.09. The fourth-order valence-electron chi connectivity index (χ4n) is 2.97. The number of alkyl halides is 3. The molecule has 0 atom stereocenters. The molecule has 130 valence electrons. The van der Waals surface area contributed by atoms with E-state index in [-0.39, 0.29) is 5.56 Å². The van der Waals surface area contributed by atoms with E-state index in [9.17, 15) is 17.6 Å². The molecule has 2 aromatic rings. The predicted molar refractivity (Wildman–Crippen MR) is 82.9 cm³/mol. The van der Waals surface area contributed by atoms with Crippen molar-refractivity contribution in [3.05, 3.63) is 42.1 Å². The Balaban J connectivity index is 1.71. The van der Waals surface area contributed by atoms with Gasteiger partial charge in [0.2, 0.25) is 0 Å². The van der Waals surface area contributed by atoms with E-state index >= 15 is 0 Å². The molecule has 0 amide bonds. The van der Waals surface area contributed by atoms with Crippen LogP contribution in [0.25, 0.3) is 11.3 Å². The number of imidazole rings is 1. The molecule has 3 nitrogen and oxygen atoms in total. The first-order valence-electron chi connectivity index (χ1n) is 8.05. The first kappa shape index (κ1) is 17.0. The van der Waals surface area contributed by atoms with Crippen LogP contribution in [0.3, 0.4) is 0 Å². The zero-order valence-corrected chi connectivity index (χ0v) is 13.2. The van der Waals surface area contributed by atoms with Crippen molar-refractivity contribution in [2.24, 2.45) is 0 Å². The van der Waals surface area contributed by atoms with Crippen LogP contribution in [0.2, 0.25) is 0 Å². The second kappa shape index (κ2) is 6.93. The smallest absolute Gasteiger partial charge is 0.336 e. The van der Waals surface area contributed by atoms with Crippen LogP contribution in [-0.4, -0.2) is 34.1 Å². The molecule has 1 aliphatic rings. The van der Waals surface area contributed by atoms with Crippen LogP contribution in [0.4, 0.5) is 17.6 Å². The van der Waals surface area contributed by atoms with Crippen molar-refractivity contribution >= 4 is 0 Å². The van der Waals surface area contributed by atoms with Gasteiger partial charge in [-0.25, -0.2) is 9.37 Å². The van der Waals surface area contributed by atoms with Gasteiger partial charge < -0.3 is 9.47 Å². The molecule has 1 saturated heterocycles. The number of nitrogens with zero attached hydrogens (tertiary/aromatic N) is 3. The van der Waals surface area contributed by atoms with Crippen LogP contribution in [0.5, 0.6) is 0 Å². The van der Waals surface area contributed by atoms with E-state index in [4.69, 9.17) is 0 Å². The topological polar surface area (TPSA) is 21.1 Å². The van der Waals surface area contributed by atoms with E-state index in [1.165, 1.54) is 25.3 Å². The Labute approximate surface area is 137 Å². The van der Waals surface area contributed by atoms with Crippen LogP contribution in [-0.2, 0) is 12.7 Å². The monoisotopic (exact) mass is 341 g/mol. The molecule has 0 bridgehead atoms. The average Bonchev–Trinajstić information content (AvgIpc) is 3.02. The standard InChI is InChI=1S/C17H19F4N3/c18-15-5-4-13(10-14(15)17(19,20)21)16-11-24(12-22-16)9-8-23-6-2-1-3-7-23/h4-5,10-12H,1-3,6-9H2. The van der Waals surface area contributed by atoms with E-state index in [2.05, 4.69) is 9.88 Å². The average molecular weight is 341 g/mol. The molecule has 1 aliphatic heterocycles. The third kappa shape index (κ3) is 3.95. The maximum atomic E-state index is 13.4. The molecule has 2 heterocycles. The van der Waals surface area contributed by atoms with Gasteiger partial charge in [0.05, 0.1) is 17.6 Å². The lowest BCUT2D eigenvalue weighted by Gasteiger charge is -2.26. The van der Waals surface area contributed by atoms with Crippen LogP contribution in [0, 0.1) is 5.82 Å². The van der Waals surface area contributed by atoms with Crippen LogP contribution < -0.4 is 0 Å². The summed E-state index contributed by atoms with van der Waals surface area (Å²) < 4.78 is 53.6. The molecule has 1 fully saturated rings. The molecule has 1 aromatic heterocycles. The summed E-state index contributed by atoms with van der Waals surface area (Å²) in [6, 6.07) is 2.97. The van der Waals surface area contributed by atoms with E-state index < -0.39 is 17.6 Å². The summed E-state index contributed by atoms with van der Waals surface area (Å²) in [6.45, 7) is 3.82. The summed E-state index contributed by atoms with van der Waals surface area (Å²) in [5, 5.41) is 0. The van der Waals surface area contributed by atoms with Gasteiger partial charge in [-0.05, 0) is 44.1 Å². The molecular weight excluding hydrogens is 322 g/mol. The molecular formula is C17H19F4N3. The van der Waals surface area contributed by atoms with Crippen molar-refractivity contribution in [3.63, 3.8) is 0 Å². The quantitative estimate of drug-likeness (QED) is 0.778. The Morgan fingerprint density at radius 3 is 2.50 bits per heavy atom. The molecule has 0 saturated carbocycles. The maximum absolute atomic E-state index is 13.4. The minimum atomic E-state index is -4.71. The molecule has 0 aliphatic carbocycles. The van der Waals surface area contributed by atoms with Crippen molar-refractivity contribution < 1.29 is 17.6 Å². The number of likely N-dealkylation sites (tertiary alicyclic amines) is 1. The van der Waals surface area contributed by atoms with E-state index in [0.29, 0.717) is 5.69 Å². The lowest BCUT2D eigenvalue weighted by atomic mass is 10.1. The highest BCUT2D eigenvalue weighted by Crippen LogP contribution is 2.33. The number of hydrogen-bond donors (Lipinski definition) is 0. The third-order valence-electron chi connectivity index (χ3n) is 4.32. The van der Waals surface area contributed by atoms with Gasteiger partial charge in [-0.15, -0.1) is 0 Å². The van der Waals surface area contributed by atoms with Crippen LogP contribution in [0.15, 0.2) is 30.7 Å². The molecule has 0 N–H and O–H groups in total.